The van der Waals surface area contributed by atoms with E-state index >= 15 is 0 Å². The van der Waals surface area contributed by atoms with Crippen LogP contribution in [-0.4, -0.2) is 47.3 Å². The standard InChI is InChI=1S/C20H38N2O4/c1-14(2)10-16(12-23)21-18(25)20(8-6-5-7-9-20)19(26)22-17(13-24)11-15(3)4/h14-17,23-24H,5-13H2,1-4H3,(H,21,25)(H,22,26). The van der Waals surface area contributed by atoms with Crippen LogP contribution in [0.25, 0.3) is 0 Å². The maximum absolute atomic E-state index is 13.1. The number of aliphatic hydroxyl groups is 2. The molecule has 0 bridgehead atoms. The van der Waals surface area contributed by atoms with Crippen LogP contribution in [0.1, 0.15) is 72.6 Å². The van der Waals surface area contributed by atoms with E-state index in [-0.39, 0.29) is 37.1 Å². The Hall–Kier alpha value is -1.14. The third-order valence-electron chi connectivity index (χ3n) is 5.20. The molecule has 1 saturated carbocycles. The summed E-state index contributed by atoms with van der Waals surface area (Å²) < 4.78 is 0. The molecule has 0 saturated heterocycles. The number of rotatable bonds is 10. The number of hydrogen-bond acceptors (Lipinski definition) is 4. The van der Waals surface area contributed by atoms with Crippen molar-refractivity contribution in [2.45, 2.75) is 84.7 Å². The minimum absolute atomic E-state index is 0.131. The van der Waals surface area contributed by atoms with Crippen molar-refractivity contribution in [2.75, 3.05) is 13.2 Å². The average Bonchev–Trinajstić information content (AvgIpc) is 2.59. The summed E-state index contributed by atoms with van der Waals surface area (Å²) in [5.41, 5.74) is -1.09. The van der Waals surface area contributed by atoms with Gasteiger partial charge in [-0.25, -0.2) is 0 Å². The molecule has 1 aliphatic carbocycles. The normalized spacial score (nSPS) is 19.2. The maximum Gasteiger partial charge on any atom is 0.235 e. The summed E-state index contributed by atoms with van der Waals surface area (Å²) >= 11 is 0. The molecule has 1 rings (SSSR count). The zero-order chi connectivity index (χ0) is 19.7. The van der Waals surface area contributed by atoms with Crippen LogP contribution in [0.5, 0.6) is 0 Å². The van der Waals surface area contributed by atoms with Gasteiger partial charge in [0.15, 0.2) is 0 Å². The molecule has 152 valence electrons. The molecule has 1 fully saturated rings. The topological polar surface area (TPSA) is 98.7 Å². The predicted molar refractivity (Wildman–Crippen MR) is 102 cm³/mol. The molecule has 0 aromatic rings. The Morgan fingerprint density at radius 3 is 1.50 bits per heavy atom. The molecule has 2 unspecified atom stereocenters. The molecule has 0 spiro atoms. The first-order valence-electron chi connectivity index (χ1n) is 10.1. The molecule has 0 heterocycles. The average molecular weight is 371 g/mol. The Balaban J connectivity index is 2.91. The van der Waals surface area contributed by atoms with Gasteiger partial charge in [0.05, 0.1) is 25.3 Å². The monoisotopic (exact) mass is 370 g/mol. The summed E-state index contributed by atoms with van der Waals surface area (Å²) in [6.07, 6.45) is 5.08. The zero-order valence-electron chi connectivity index (χ0n) is 16.9. The second-order valence-electron chi connectivity index (χ2n) is 8.61. The van der Waals surface area contributed by atoms with Crippen LogP contribution in [0.15, 0.2) is 0 Å². The number of carbonyl (C=O) groups is 2. The van der Waals surface area contributed by atoms with Gasteiger partial charge in [0.2, 0.25) is 11.8 Å². The second kappa shape index (κ2) is 10.9. The van der Waals surface area contributed by atoms with Gasteiger partial charge in [-0.1, -0.05) is 47.0 Å². The molecule has 0 radical (unpaired) electrons. The van der Waals surface area contributed by atoms with Crippen molar-refractivity contribution in [2.24, 2.45) is 17.3 Å². The molecular formula is C20H38N2O4. The predicted octanol–water partition coefficient (Wildman–Crippen LogP) is 1.98. The fourth-order valence-electron chi connectivity index (χ4n) is 3.86. The second-order valence-corrected chi connectivity index (χ2v) is 8.61. The Morgan fingerprint density at radius 2 is 1.19 bits per heavy atom. The summed E-state index contributed by atoms with van der Waals surface area (Å²) in [5.74, 6) is 0.119. The lowest BCUT2D eigenvalue weighted by atomic mass is 9.72. The Labute approximate surface area is 158 Å². The van der Waals surface area contributed by atoms with Gasteiger partial charge >= 0.3 is 0 Å². The minimum atomic E-state index is -1.09. The lowest BCUT2D eigenvalue weighted by molar-refractivity contribution is -0.147. The third-order valence-corrected chi connectivity index (χ3v) is 5.20. The minimum Gasteiger partial charge on any atom is -0.394 e. The molecule has 0 aromatic heterocycles. The van der Waals surface area contributed by atoms with Crippen molar-refractivity contribution >= 4 is 11.8 Å². The van der Waals surface area contributed by atoms with E-state index in [0.717, 1.165) is 19.3 Å². The molecule has 26 heavy (non-hydrogen) atoms. The van der Waals surface area contributed by atoms with E-state index in [4.69, 9.17) is 0 Å². The van der Waals surface area contributed by atoms with E-state index in [2.05, 4.69) is 10.6 Å². The molecule has 1 aliphatic rings. The Bertz CT molecular complexity index is 411. The van der Waals surface area contributed by atoms with Gasteiger partial charge < -0.3 is 20.8 Å². The van der Waals surface area contributed by atoms with Crippen molar-refractivity contribution in [3.05, 3.63) is 0 Å². The molecular weight excluding hydrogens is 332 g/mol. The van der Waals surface area contributed by atoms with Crippen LogP contribution in [0, 0.1) is 17.3 Å². The zero-order valence-corrected chi connectivity index (χ0v) is 16.9. The summed E-state index contributed by atoms with van der Waals surface area (Å²) in [7, 11) is 0. The smallest absolute Gasteiger partial charge is 0.235 e. The van der Waals surface area contributed by atoms with Crippen LogP contribution < -0.4 is 10.6 Å². The van der Waals surface area contributed by atoms with Crippen molar-refractivity contribution < 1.29 is 19.8 Å². The summed E-state index contributed by atoms with van der Waals surface area (Å²) in [4.78, 5) is 26.1. The number of amides is 2. The van der Waals surface area contributed by atoms with Crippen LogP contribution >= 0.6 is 0 Å². The SMILES string of the molecule is CC(C)CC(CO)NC(=O)C1(C(=O)NC(CO)CC(C)C)CCCCC1. The van der Waals surface area contributed by atoms with Gasteiger partial charge in [-0.05, 0) is 37.5 Å². The van der Waals surface area contributed by atoms with Crippen molar-refractivity contribution in [3.63, 3.8) is 0 Å². The molecule has 6 heteroatoms. The van der Waals surface area contributed by atoms with Crippen molar-refractivity contribution in [1.29, 1.82) is 0 Å². The van der Waals surface area contributed by atoms with E-state index in [9.17, 15) is 19.8 Å². The lowest BCUT2D eigenvalue weighted by Gasteiger charge is -2.37. The molecule has 2 atom stereocenters. The van der Waals surface area contributed by atoms with Crippen LogP contribution in [0.2, 0.25) is 0 Å². The fourth-order valence-corrected chi connectivity index (χ4v) is 3.86. The first-order valence-corrected chi connectivity index (χ1v) is 10.1. The quantitative estimate of drug-likeness (QED) is 0.442. The number of carbonyl (C=O) groups excluding carboxylic acids is 2. The van der Waals surface area contributed by atoms with Gasteiger partial charge in [-0.3, -0.25) is 9.59 Å². The number of nitrogens with one attached hydrogen (secondary N) is 2. The highest BCUT2D eigenvalue weighted by Gasteiger charge is 2.47. The highest BCUT2D eigenvalue weighted by molar-refractivity contribution is 6.05. The van der Waals surface area contributed by atoms with Crippen LogP contribution in [-0.2, 0) is 9.59 Å². The van der Waals surface area contributed by atoms with E-state index in [1.54, 1.807) is 0 Å². The highest BCUT2D eigenvalue weighted by atomic mass is 16.3. The molecule has 6 nitrogen and oxygen atoms in total. The molecule has 4 N–H and O–H groups in total. The lowest BCUT2D eigenvalue weighted by Crippen LogP contribution is -2.57. The van der Waals surface area contributed by atoms with E-state index in [1.807, 2.05) is 27.7 Å². The summed E-state index contributed by atoms with van der Waals surface area (Å²) in [5, 5.41) is 25.0. The van der Waals surface area contributed by atoms with Crippen molar-refractivity contribution in [3.8, 4) is 0 Å². The fraction of sp³-hybridized carbons (Fsp3) is 0.900. The van der Waals surface area contributed by atoms with Gasteiger partial charge in [0.1, 0.15) is 5.41 Å². The first kappa shape index (κ1) is 22.9. The van der Waals surface area contributed by atoms with Gasteiger partial charge in [-0.2, -0.15) is 0 Å². The number of hydrogen-bond donors (Lipinski definition) is 4. The van der Waals surface area contributed by atoms with Gasteiger partial charge in [-0.15, -0.1) is 0 Å². The molecule has 0 aromatic carbocycles. The van der Waals surface area contributed by atoms with Gasteiger partial charge in [0.25, 0.3) is 0 Å². The number of aliphatic hydroxyl groups excluding tert-OH is 2. The maximum atomic E-state index is 13.1. The highest BCUT2D eigenvalue weighted by Crippen LogP contribution is 2.37. The van der Waals surface area contributed by atoms with E-state index < -0.39 is 5.41 Å². The van der Waals surface area contributed by atoms with Crippen LogP contribution in [0.3, 0.4) is 0 Å². The summed E-state index contributed by atoms with van der Waals surface area (Å²) in [6.45, 7) is 7.89. The van der Waals surface area contributed by atoms with Gasteiger partial charge in [0, 0.05) is 0 Å². The first-order chi connectivity index (χ1) is 12.2. The molecule has 2 amide bonds. The van der Waals surface area contributed by atoms with Crippen molar-refractivity contribution in [1.82, 2.24) is 10.6 Å². The largest absolute Gasteiger partial charge is 0.394 e. The van der Waals surface area contributed by atoms with E-state index in [0.29, 0.717) is 37.5 Å². The van der Waals surface area contributed by atoms with E-state index in [1.165, 1.54) is 0 Å². The molecule has 0 aliphatic heterocycles. The summed E-state index contributed by atoms with van der Waals surface area (Å²) in [6, 6.07) is -0.670. The Kier molecular flexibility index (Phi) is 9.58. The Morgan fingerprint density at radius 1 is 0.808 bits per heavy atom. The third kappa shape index (κ3) is 6.54. The van der Waals surface area contributed by atoms with Crippen LogP contribution in [0.4, 0.5) is 0 Å².